The minimum atomic E-state index is -0.273. The van der Waals surface area contributed by atoms with Gasteiger partial charge in [-0.15, -0.1) is 0 Å². The Balaban J connectivity index is 1.51. The minimum Gasteiger partial charge on any atom is -0.378 e. The zero-order valence-electron chi connectivity index (χ0n) is 16.0. The fourth-order valence-electron chi connectivity index (χ4n) is 3.18. The van der Waals surface area contributed by atoms with Gasteiger partial charge in [0, 0.05) is 37.3 Å². The highest BCUT2D eigenvalue weighted by molar-refractivity contribution is 5.76. The number of morpholine rings is 1. The summed E-state index contributed by atoms with van der Waals surface area (Å²) in [5.74, 6) is 0.0987. The number of aromatic amines is 1. The van der Waals surface area contributed by atoms with Crippen molar-refractivity contribution in [2.24, 2.45) is 0 Å². The third-order valence-corrected chi connectivity index (χ3v) is 4.80. The van der Waals surface area contributed by atoms with Crippen LogP contribution in [0.4, 0.5) is 10.3 Å². The van der Waals surface area contributed by atoms with E-state index in [-0.39, 0.29) is 23.7 Å². The highest BCUT2D eigenvalue weighted by Crippen LogP contribution is 2.11. The van der Waals surface area contributed by atoms with E-state index >= 15 is 0 Å². The van der Waals surface area contributed by atoms with Crippen molar-refractivity contribution in [1.29, 1.82) is 0 Å². The second-order valence-corrected chi connectivity index (χ2v) is 6.74. The molecule has 1 saturated heterocycles. The maximum absolute atomic E-state index is 13.6. The van der Waals surface area contributed by atoms with Crippen molar-refractivity contribution in [3.63, 3.8) is 0 Å². The van der Waals surface area contributed by atoms with Crippen molar-refractivity contribution in [3.05, 3.63) is 57.3 Å². The van der Waals surface area contributed by atoms with Crippen LogP contribution in [0, 0.1) is 12.7 Å². The number of aryl methyl sites for hydroxylation is 1. The van der Waals surface area contributed by atoms with E-state index in [0.717, 1.165) is 0 Å². The first-order valence-corrected chi connectivity index (χ1v) is 9.47. The smallest absolute Gasteiger partial charge is 0.255 e. The molecule has 0 aliphatic carbocycles. The van der Waals surface area contributed by atoms with Crippen LogP contribution in [0.1, 0.15) is 23.2 Å². The number of benzene rings is 1. The number of nitrogens with one attached hydrogen (secondary N) is 2. The van der Waals surface area contributed by atoms with E-state index < -0.39 is 0 Å². The van der Waals surface area contributed by atoms with Gasteiger partial charge in [-0.25, -0.2) is 9.37 Å². The number of rotatable bonds is 7. The third-order valence-electron chi connectivity index (χ3n) is 4.80. The highest BCUT2D eigenvalue weighted by Gasteiger charge is 2.16. The van der Waals surface area contributed by atoms with E-state index in [9.17, 15) is 14.0 Å². The van der Waals surface area contributed by atoms with Crippen LogP contribution < -0.4 is 15.8 Å². The molecule has 0 saturated carbocycles. The monoisotopic (exact) mass is 388 g/mol. The summed E-state index contributed by atoms with van der Waals surface area (Å²) >= 11 is 0. The Labute approximate surface area is 162 Å². The average molecular weight is 388 g/mol. The molecule has 0 radical (unpaired) electrons. The fourth-order valence-corrected chi connectivity index (χ4v) is 3.18. The van der Waals surface area contributed by atoms with Gasteiger partial charge in [-0.1, -0.05) is 18.2 Å². The van der Waals surface area contributed by atoms with Crippen LogP contribution in [0.3, 0.4) is 0 Å². The molecule has 28 heavy (non-hydrogen) atoms. The van der Waals surface area contributed by atoms with Gasteiger partial charge in [-0.2, -0.15) is 0 Å². The number of amides is 1. The van der Waals surface area contributed by atoms with E-state index in [1.807, 2.05) is 4.90 Å². The number of hydrogen-bond acceptors (Lipinski definition) is 5. The number of halogens is 1. The van der Waals surface area contributed by atoms with Crippen molar-refractivity contribution in [1.82, 2.24) is 15.3 Å². The molecular formula is C20H25FN4O3. The Bertz CT molecular complexity index is 878. The van der Waals surface area contributed by atoms with Gasteiger partial charge in [0.15, 0.2) is 0 Å². The van der Waals surface area contributed by atoms with Gasteiger partial charge in [-0.3, -0.25) is 14.6 Å². The summed E-state index contributed by atoms with van der Waals surface area (Å²) < 4.78 is 18.9. The number of nitrogens with zero attached hydrogens (tertiary/aromatic N) is 2. The summed E-state index contributed by atoms with van der Waals surface area (Å²) in [6.07, 6.45) is 0.913. The van der Waals surface area contributed by atoms with E-state index in [1.165, 1.54) is 6.07 Å². The molecule has 1 aromatic carbocycles. The maximum Gasteiger partial charge on any atom is 0.255 e. The van der Waals surface area contributed by atoms with Crippen LogP contribution >= 0.6 is 0 Å². The molecule has 2 aromatic rings. The first-order valence-electron chi connectivity index (χ1n) is 9.47. The topological polar surface area (TPSA) is 87.3 Å². The lowest BCUT2D eigenvalue weighted by atomic mass is 10.1. The minimum absolute atomic E-state index is 0.174. The molecule has 0 atom stereocenters. The van der Waals surface area contributed by atoms with E-state index in [0.29, 0.717) is 68.5 Å². The highest BCUT2D eigenvalue weighted by atomic mass is 19.1. The molecule has 7 nitrogen and oxygen atoms in total. The number of ether oxygens (including phenoxy) is 1. The number of anilines is 1. The van der Waals surface area contributed by atoms with Gasteiger partial charge < -0.3 is 15.0 Å². The Hall–Kier alpha value is -2.74. The summed E-state index contributed by atoms with van der Waals surface area (Å²) in [6.45, 7) is 4.72. The lowest BCUT2D eigenvalue weighted by Crippen LogP contribution is -2.38. The maximum atomic E-state index is 13.6. The molecule has 1 fully saturated rings. The molecule has 0 spiro atoms. The van der Waals surface area contributed by atoms with Gasteiger partial charge in [-0.05, 0) is 31.4 Å². The first-order chi connectivity index (χ1) is 13.5. The van der Waals surface area contributed by atoms with Crippen molar-refractivity contribution < 1.29 is 13.9 Å². The largest absolute Gasteiger partial charge is 0.378 e. The summed E-state index contributed by atoms with van der Waals surface area (Å²) in [4.78, 5) is 33.8. The first kappa shape index (κ1) is 20.0. The third kappa shape index (κ3) is 5.16. The molecule has 3 rings (SSSR count). The van der Waals surface area contributed by atoms with Crippen LogP contribution in [-0.4, -0.2) is 48.7 Å². The van der Waals surface area contributed by atoms with Crippen LogP contribution in [0.2, 0.25) is 0 Å². The summed E-state index contributed by atoms with van der Waals surface area (Å²) in [5, 5.41) is 2.77. The fraction of sp³-hybridized carbons (Fsp3) is 0.450. The number of carbonyl (C=O) groups is 1. The zero-order valence-corrected chi connectivity index (χ0v) is 16.0. The number of H-pyrrole nitrogens is 1. The zero-order chi connectivity index (χ0) is 19.9. The van der Waals surface area contributed by atoms with Crippen LogP contribution in [-0.2, 0) is 22.4 Å². The molecule has 150 valence electrons. The second-order valence-electron chi connectivity index (χ2n) is 6.74. The average Bonchev–Trinajstić information content (AvgIpc) is 2.69. The van der Waals surface area contributed by atoms with Gasteiger partial charge >= 0.3 is 0 Å². The SMILES string of the molecule is Cc1nc(N2CCOCC2)[nH]c(=O)c1CCC(=O)NCCc1ccccc1F. The Kier molecular flexibility index (Phi) is 6.76. The van der Waals surface area contributed by atoms with Crippen LogP contribution in [0.15, 0.2) is 29.1 Å². The van der Waals surface area contributed by atoms with Gasteiger partial charge in [0.1, 0.15) is 5.82 Å². The number of aromatic nitrogens is 2. The van der Waals surface area contributed by atoms with Crippen molar-refractivity contribution in [3.8, 4) is 0 Å². The van der Waals surface area contributed by atoms with Gasteiger partial charge in [0.2, 0.25) is 11.9 Å². The standard InChI is InChI=1S/C20H25FN4O3/c1-14-16(19(27)24-20(23-14)25-10-12-28-13-11-25)6-7-18(26)22-9-8-15-4-2-3-5-17(15)21/h2-5H,6-13H2,1H3,(H,22,26)(H,23,24,27). The number of carbonyl (C=O) groups excluding carboxylic acids is 1. The summed E-state index contributed by atoms with van der Waals surface area (Å²) in [7, 11) is 0. The second kappa shape index (κ2) is 9.45. The van der Waals surface area contributed by atoms with Gasteiger partial charge in [0.25, 0.3) is 5.56 Å². The molecule has 1 aromatic heterocycles. The summed E-state index contributed by atoms with van der Waals surface area (Å²) in [6, 6.07) is 6.50. The Morgan fingerprint density at radius 3 is 2.75 bits per heavy atom. The predicted octanol–water partition coefficient (Wildman–Crippen LogP) is 1.35. The lowest BCUT2D eigenvalue weighted by Gasteiger charge is -2.27. The molecule has 2 N–H and O–H groups in total. The molecule has 8 heteroatoms. The Morgan fingerprint density at radius 1 is 1.29 bits per heavy atom. The molecule has 1 amide bonds. The van der Waals surface area contributed by atoms with Crippen LogP contribution in [0.5, 0.6) is 0 Å². The van der Waals surface area contributed by atoms with Crippen molar-refractivity contribution in [2.45, 2.75) is 26.2 Å². The molecular weight excluding hydrogens is 363 g/mol. The normalized spacial score (nSPS) is 14.1. The van der Waals surface area contributed by atoms with Gasteiger partial charge in [0.05, 0.1) is 13.2 Å². The lowest BCUT2D eigenvalue weighted by molar-refractivity contribution is -0.121. The van der Waals surface area contributed by atoms with Crippen molar-refractivity contribution >= 4 is 11.9 Å². The molecule has 0 bridgehead atoms. The predicted molar refractivity (Wildman–Crippen MR) is 104 cm³/mol. The quantitative estimate of drug-likeness (QED) is 0.748. The molecule has 2 heterocycles. The van der Waals surface area contributed by atoms with E-state index in [1.54, 1.807) is 25.1 Å². The van der Waals surface area contributed by atoms with E-state index in [2.05, 4.69) is 15.3 Å². The molecule has 1 aliphatic rings. The molecule has 0 unspecified atom stereocenters. The number of hydrogen-bond donors (Lipinski definition) is 2. The van der Waals surface area contributed by atoms with E-state index in [4.69, 9.17) is 4.74 Å². The Morgan fingerprint density at radius 2 is 2.04 bits per heavy atom. The summed E-state index contributed by atoms with van der Waals surface area (Å²) in [5.41, 5.74) is 1.50. The molecule has 1 aliphatic heterocycles. The van der Waals surface area contributed by atoms with Crippen LogP contribution in [0.25, 0.3) is 0 Å². The van der Waals surface area contributed by atoms with Crippen molar-refractivity contribution in [2.75, 3.05) is 37.7 Å².